The number of hydrogen-bond acceptors (Lipinski definition) is 4. The van der Waals surface area contributed by atoms with Gasteiger partial charge in [0.05, 0.1) is 17.5 Å². The van der Waals surface area contributed by atoms with E-state index in [4.69, 9.17) is 21.8 Å². The Morgan fingerprint density at radius 2 is 2.20 bits per heavy atom. The summed E-state index contributed by atoms with van der Waals surface area (Å²) >= 11 is 5.94. The van der Waals surface area contributed by atoms with Gasteiger partial charge < -0.3 is 10.2 Å². The van der Waals surface area contributed by atoms with Crippen LogP contribution in [0.3, 0.4) is 0 Å². The SMILES string of the molecule is NC(CC1CCS(=O)(=O)C1)c1cc2cc(Cl)ccc2o1. The number of hydrogen-bond donors (Lipinski definition) is 1. The fraction of sp³-hybridized carbons (Fsp3) is 0.429. The van der Waals surface area contributed by atoms with E-state index >= 15 is 0 Å². The average molecular weight is 314 g/mol. The van der Waals surface area contributed by atoms with E-state index in [2.05, 4.69) is 0 Å². The molecule has 20 heavy (non-hydrogen) atoms. The molecular formula is C14H16ClNO3S. The first kappa shape index (κ1) is 13.9. The van der Waals surface area contributed by atoms with E-state index < -0.39 is 9.84 Å². The Morgan fingerprint density at radius 3 is 2.90 bits per heavy atom. The number of rotatable bonds is 3. The molecule has 2 atom stereocenters. The maximum Gasteiger partial charge on any atom is 0.150 e. The molecular weight excluding hydrogens is 298 g/mol. The lowest BCUT2D eigenvalue weighted by molar-refractivity contribution is 0.419. The predicted molar refractivity (Wildman–Crippen MR) is 79.5 cm³/mol. The molecule has 1 fully saturated rings. The Balaban J connectivity index is 1.77. The summed E-state index contributed by atoms with van der Waals surface area (Å²) in [6, 6.07) is 7.02. The summed E-state index contributed by atoms with van der Waals surface area (Å²) in [5.41, 5.74) is 6.89. The van der Waals surface area contributed by atoms with Crippen LogP contribution in [-0.4, -0.2) is 19.9 Å². The molecule has 0 radical (unpaired) electrons. The molecule has 0 bridgehead atoms. The van der Waals surface area contributed by atoms with Gasteiger partial charge in [-0.1, -0.05) is 11.6 Å². The molecule has 108 valence electrons. The van der Waals surface area contributed by atoms with E-state index in [-0.39, 0.29) is 23.5 Å². The van der Waals surface area contributed by atoms with E-state index in [1.807, 2.05) is 18.2 Å². The molecule has 1 saturated heterocycles. The monoisotopic (exact) mass is 313 g/mol. The zero-order valence-electron chi connectivity index (χ0n) is 10.9. The molecule has 1 aliphatic heterocycles. The zero-order valence-corrected chi connectivity index (χ0v) is 12.5. The summed E-state index contributed by atoms with van der Waals surface area (Å²) in [7, 11) is -2.86. The van der Waals surface area contributed by atoms with Crippen LogP contribution in [0.15, 0.2) is 28.7 Å². The Bertz CT molecular complexity index is 738. The van der Waals surface area contributed by atoms with Gasteiger partial charge in [-0.15, -0.1) is 0 Å². The maximum absolute atomic E-state index is 11.5. The highest BCUT2D eigenvalue weighted by molar-refractivity contribution is 7.91. The second-order valence-corrected chi connectivity index (χ2v) is 8.11. The first-order valence-corrected chi connectivity index (χ1v) is 8.78. The van der Waals surface area contributed by atoms with Crippen molar-refractivity contribution < 1.29 is 12.8 Å². The summed E-state index contributed by atoms with van der Waals surface area (Å²) < 4.78 is 28.6. The summed E-state index contributed by atoms with van der Waals surface area (Å²) in [5.74, 6) is 1.34. The second-order valence-electron chi connectivity index (χ2n) is 5.44. The smallest absolute Gasteiger partial charge is 0.150 e. The highest BCUT2D eigenvalue weighted by Gasteiger charge is 2.30. The normalized spacial score (nSPS) is 23.2. The van der Waals surface area contributed by atoms with Crippen molar-refractivity contribution in [3.63, 3.8) is 0 Å². The van der Waals surface area contributed by atoms with Crippen LogP contribution in [0.2, 0.25) is 5.02 Å². The van der Waals surface area contributed by atoms with Gasteiger partial charge in [-0.25, -0.2) is 8.42 Å². The summed E-state index contributed by atoms with van der Waals surface area (Å²) in [5, 5.41) is 1.57. The Hall–Kier alpha value is -1.04. The molecule has 6 heteroatoms. The number of nitrogens with two attached hydrogens (primary N) is 1. The number of furan rings is 1. The van der Waals surface area contributed by atoms with Crippen molar-refractivity contribution in [1.29, 1.82) is 0 Å². The van der Waals surface area contributed by atoms with Crippen LogP contribution in [-0.2, 0) is 9.84 Å². The van der Waals surface area contributed by atoms with Gasteiger partial charge in [0.2, 0.25) is 0 Å². The van der Waals surface area contributed by atoms with Gasteiger partial charge in [-0.3, -0.25) is 0 Å². The second kappa shape index (κ2) is 5.06. The van der Waals surface area contributed by atoms with Gasteiger partial charge in [-0.2, -0.15) is 0 Å². The molecule has 2 unspecified atom stereocenters. The fourth-order valence-corrected chi connectivity index (χ4v) is 4.81. The van der Waals surface area contributed by atoms with Crippen LogP contribution < -0.4 is 5.73 Å². The van der Waals surface area contributed by atoms with Gasteiger partial charge in [0.25, 0.3) is 0 Å². The molecule has 3 rings (SSSR count). The lowest BCUT2D eigenvalue weighted by atomic mass is 9.98. The standard InChI is InChI=1S/C14H16ClNO3S/c15-11-1-2-13-10(6-11)7-14(19-13)12(16)5-9-3-4-20(17,18)8-9/h1-2,6-7,9,12H,3-5,8,16H2. The van der Waals surface area contributed by atoms with E-state index in [1.54, 1.807) is 6.07 Å². The van der Waals surface area contributed by atoms with Crippen LogP contribution >= 0.6 is 11.6 Å². The third-order valence-corrected chi connectivity index (χ3v) is 5.85. The van der Waals surface area contributed by atoms with Crippen molar-refractivity contribution in [1.82, 2.24) is 0 Å². The minimum Gasteiger partial charge on any atom is -0.459 e. The third-order valence-electron chi connectivity index (χ3n) is 3.78. The Labute approximate surface area is 122 Å². The van der Waals surface area contributed by atoms with Crippen molar-refractivity contribution in [2.45, 2.75) is 18.9 Å². The van der Waals surface area contributed by atoms with E-state index in [1.165, 1.54) is 0 Å². The summed E-state index contributed by atoms with van der Waals surface area (Å²) in [6.07, 6.45) is 1.33. The van der Waals surface area contributed by atoms with Crippen molar-refractivity contribution in [2.24, 2.45) is 11.7 Å². The van der Waals surface area contributed by atoms with Gasteiger partial charge in [0.1, 0.15) is 11.3 Å². The largest absolute Gasteiger partial charge is 0.459 e. The molecule has 1 aliphatic rings. The molecule has 1 aromatic heterocycles. The molecule has 0 amide bonds. The van der Waals surface area contributed by atoms with Gasteiger partial charge >= 0.3 is 0 Å². The van der Waals surface area contributed by atoms with Gasteiger partial charge in [0.15, 0.2) is 9.84 Å². The van der Waals surface area contributed by atoms with Crippen LogP contribution in [0.4, 0.5) is 0 Å². The first-order chi connectivity index (χ1) is 9.43. The summed E-state index contributed by atoms with van der Waals surface area (Å²) in [6.45, 7) is 0. The average Bonchev–Trinajstić information content (AvgIpc) is 2.92. The summed E-state index contributed by atoms with van der Waals surface area (Å²) in [4.78, 5) is 0. The molecule has 2 heterocycles. The molecule has 0 aliphatic carbocycles. The van der Waals surface area contributed by atoms with Gasteiger partial charge in [-0.05, 0) is 43.0 Å². The predicted octanol–water partition coefficient (Wildman–Crippen LogP) is 2.91. The Morgan fingerprint density at radius 1 is 1.40 bits per heavy atom. The molecule has 2 N–H and O–H groups in total. The van der Waals surface area contributed by atoms with Crippen molar-refractivity contribution in [2.75, 3.05) is 11.5 Å². The number of sulfone groups is 1. The van der Waals surface area contributed by atoms with Crippen LogP contribution in [0.1, 0.15) is 24.6 Å². The van der Waals surface area contributed by atoms with Gasteiger partial charge in [0, 0.05) is 10.4 Å². The van der Waals surface area contributed by atoms with Crippen LogP contribution in [0.5, 0.6) is 0 Å². The molecule has 0 spiro atoms. The first-order valence-electron chi connectivity index (χ1n) is 6.58. The lowest BCUT2D eigenvalue weighted by Gasteiger charge is -2.12. The van der Waals surface area contributed by atoms with Crippen molar-refractivity contribution in [3.05, 3.63) is 35.0 Å². The maximum atomic E-state index is 11.5. The minimum absolute atomic E-state index is 0.131. The number of halogens is 1. The number of benzene rings is 1. The highest BCUT2D eigenvalue weighted by atomic mass is 35.5. The topological polar surface area (TPSA) is 73.3 Å². The Kier molecular flexibility index (Phi) is 3.52. The highest BCUT2D eigenvalue weighted by Crippen LogP contribution is 2.31. The molecule has 0 saturated carbocycles. The fourth-order valence-electron chi connectivity index (χ4n) is 2.75. The molecule has 2 aromatic rings. The zero-order chi connectivity index (χ0) is 14.3. The third kappa shape index (κ3) is 2.85. The van der Waals surface area contributed by atoms with Crippen molar-refractivity contribution >= 4 is 32.4 Å². The van der Waals surface area contributed by atoms with E-state index in [0.29, 0.717) is 23.6 Å². The van der Waals surface area contributed by atoms with Crippen molar-refractivity contribution in [3.8, 4) is 0 Å². The minimum atomic E-state index is -2.86. The van der Waals surface area contributed by atoms with Crippen LogP contribution in [0, 0.1) is 5.92 Å². The molecule has 4 nitrogen and oxygen atoms in total. The number of fused-ring (bicyclic) bond motifs is 1. The van der Waals surface area contributed by atoms with E-state index in [0.717, 1.165) is 11.0 Å². The quantitative estimate of drug-likeness (QED) is 0.945. The lowest BCUT2D eigenvalue weighted by Crippen LogP contribution is -2.15. The van der Waals surface area contributed by atoms with E-state index in [9.17, 15) is 8.42 Å². The van der Waals surface area contributed by atoms with Crippen LogP contribution in [0.25, 0.3) is 11.0 Å². The molecule has 1 aromatic carbocycles.